The van der Waals surface area contributed by atoms with Gasteiger partial charge in [0.1, 0.15) is 0 Å². The van der Waals surface area contributed by atoms with E-state index in [2.05, 4.69) is 51.8 Å². The van der Waals surface area contributed by atoms with Gasteiger partial charge in [0.2, 0.25) is 0 Å². The molecule has 1 heterocycles. The van der Waals surface area contributed by atoms with Gasteiger partial charge in [-0.1, -0.05) is 13.8 Å². The number of halogens is 1. The van der Waals surface area contributed by atoms with E-state index in [9.17, 15) is 4.39 Å². The number of hydrogen-bond acceptors (Lipinski definition) is 3. The van der Waals surface area contributed by atoms with Gasteiger partial charge in [0.25, 0.3) is 0 Å². The number of hydrogen-bond donors (Lipinski definition) is 1. The number of nitrogens with zero attached hydrogens (tertiary/aromatic N) is 2. The van der Waals surface area contributed by atoms with Gasteiger partial charge in [-0.15, -0.1) is 0 Å². The molecule has 114 valence electrons. The van der Waals surface area contributed by atoms with Gasteiger partial charge in [0.05, 0.1) is 0 Å². The van der Waals surface area contributed by atoms with Gasteiger partial charge in [-0.2, -0.15) is 0 Å². The zero-order valence-corrected chi connectivity index (χ0v) is 13.8. The quantitative estimate of drug-likeness (QED) is 0.894. The molecule has 0 aromatic carbocycles. The molecular weight excluding hydrogens is 253 g/mol. The molecule has 0 saturated heterocycles. The van der Waals surface area contributed by atoms with Gasteiger partial charge in [0.15, 0.2) is 11.6 Å². The number of aromatic nitrogens is 1. The van der Waals surface area contributed by atoms with Gasteiger partial charge < -0.3 is 10.2 Å². The van der Waals surface area contributed by atoms with Crippen LogP contribution in [0.4, 0.5) is 10.2 Å². The summed E-state index contributed by atoms with van der Waals surface area (Å²) in [4.78, 5) is 6.13. The summed E-state index contributed by atoms with van der Waals surface area (Å²) in [6, 6.07) is 1.98. The fourth-order valence-corrected chi connectivity index (χ4v) is 1.85. The van der Waals surface area contributed by atoms with Crippen molar-refractivity contribution >= 4 is 5.82 Å². The summed E-state index contributed by atoms with van der Waals surface area (Å²) in [5.74, 6) is 0.649. The standard InChI is InChI=1S/C16H28FN3/c1-11(2)12(3)20(7)15-14(17)13(8-9-18-15)10-19-16(4,5)6/h8-9,11-12,19H,10H2,1-7H3. The Morgan fingerprint density at radius 3 is 2.40 bits per heavy atom. The molecule has 1 aromatic rings. The lowest BCUT2D eigenvalue weighted by atomic mass is 10.0. The van der Waals surface area contributed by atoms with Crippen molar-refractivity contribution < 1.29 is 4.39 Å². The van der Waals surface area contributed by atoms with E-state index in [0.717, 1.165) is 0 Å². The maximum absolute atomic E-state index is 14.6. The van der Waals surface area contributed by atoms with Crippen LogP contribution >= 0.6 is 0 Å². The van der Waals surface area contributed by atoms with E-state index < -0.39 is 0 Å². The first-order valence-corrected chi connectivity index (χ1v) is 7.24. The fraction of sp³-hybridized carbons (Fsp3) is 0.688. The molecule has 1 atom stereocenters. The first-order chi connectivity index (χ1) is 9.13. The first kappa shape index (κ1) is 16.9. The predicted molar refractivity (Wildman–Crippen MR) is 83.5 cm³/mol. The van der Waals surface area contributed by atoms with Crippen LogP contribution in [0.25, 0.3) is 0 Å². The molecule has 0 spiro atoms. The minimum Gasteiger partial charge on any atom is -0.354 e. The first-order valence-electron chi connectivity index (χ1n) is 7.24. The van der Waals surface area contributed by atoms with E-state index in [0.29, 0.717) is 23.8 Å². The monoisotopic (exact) mass is 281 g/mol. The Labute approximate surface area is 122 Å². The third kappa shape index (κ3) is 4.44. The lowest BCUT2D eigenvalue weighted by Gasteiger charge is -2.29. The summed E-state index contributed by atoms with van der Waals surface area (Å²) in [7, 11) is 1.90. The molecule has 1 N–H and O–H groups in total. The van der Waals surface area contributed by atoms with Crippen molar-refractivity contribution in [3.8, 4) is 0 Å². The van der Waals surface area contributed by atoms with Crippen molar-refractivity contribution in [1.82, 2.24) is 10.3 Å². The van der Waals surface area contributed by atoms with Gasteiger partial charge >= 0.3 is 0 Å². The van der Waals surface area contributed by atoms with Crippen molar-refractivity contribution in [2.45, 2.75) is 59.7 Å². The molecule has 0 amide bonds. The molecule has 1 aromatic heterocycles. The van der Waals surface area contributed by atoms with E-state index in [1.165, 1.54) is 0 Å². The molecule has 1 rings (SSSR count). The van der Waals surface area contributed by atoms with Crippen molar-refractivity contribution in [1.29, 1.82) is 0 Å². The molecule has 0 saturated carbocycles. The Bertz CT molecular complexity index is 438. The highest BCUT2D eigenvalue weighted by atomic mass is 19.1. The molecule has 1 unspecified atom stereocenters. The normalized spacial score (nSPS) is 13.7. The summed E-state index contributed by atoms with van der Waals surface area (Å²) < 4.78 is 14.6. The minimum atomic E-state index is -0.223. The van der Waals surface area contributed by atoms with Crippen LogP contribution in [0.1, 0.15) is 47.1 Å². The lowest BCUT2D eigenvalue weighted by Crippen LogP contribution is -2.36. The van der Waals surface area contributed by atoms with Crippen molar-refractivity contribution in [3.63, 3.8) is 0 Å². The third-order valence-electron chi connectivity index (χ3n) is 3.67. The molecule has 4 heteroatoms. The zero-order valence-electron chi connectivity index (χ0n) is 13.8. The van der Waals surface area contributed by atoms with Crippen LogP contribution < -0.4 is 10.2 Å². The second-order valence-electron chi connectivity index (χ2n) is 6.81. The smallest absolute Gasteiger partial charge is 0.170 e. The Hall–Kier alpha value is -1.16. The van der Waals surface area contributed by atoms with Gasteiger partial charge in [-0.3, -0.25) is 0 Å². The molecular formula is C16H28FN3. The fourth-order valence-electron chi connectivity index (χ4n) is 1.85. The second kappa shape index (κ2) is 6.53. The molecule has 0 aliphatic heterocycles. The highest BCUT2D eigenvalue weighted by molar-refractivity contribution is 5.43. The Kier molecular flexibility index (Phi) is 5.51. The molecule has 0 aliphatic carbocycles. The number of pyridine rings is 1. The average molecular weight is 281 g/mol. The Balaban J connectivity index is 2.95. The second-order valence-corrected chi connectivity index (χ2v) is 6.81. The lowest BCUT2D eigenvalue weighted by molar-refractivity contribution is 0.417. The maximum Gasteiger partial charge on any atom is 0.170 e. The Morgan fingerprint density at radius 2 is 1.90 bits per heavy atom. The van der Waals surface area contributed by atoms with E-state index >= 15 is 0 Å². The van der Waals surface area contributed by atoms with E-state index in [-0.39, 0.29) is 17.4 Å². The minimum absolute atomic E-state index is 0.0347. The molecule has 3 nitrogen and oxygen atoms in total. The summed E-state index contributed by atoms with van der Waals surface area (Å²) >= 11 is 0. The van der Waals surface area contributed by atoms with Crippen molar-refractivity contribution in [2.24, 2.45) is 5.92 Å². The van der Waals surface area contributed by atoms with Crippen molar-refractivity contribution in [2.75, 3.05) is 11.9 Å². The zero-order chi connectivity index (χ0) is 15.5. The van der Waals surface area contributed by atoms with Crippen LogP contribution in [0.5, 0.6) is 0 Å². The summed E-state index contributed by atoms with van der Waals surface area (Å²) in [5, 5.41) is 3.31. The molecule has 0 radical (unpaired) electrons. The maximum atomic E-state index is 14.6. The van der Waals surface area contributed by atoms with Crippen LogP contribution in [0.3, 0.4) is 0 Å². The third-order valence-corrected chi connectivity index (χ3v) is 3.67. The summed E-state index contributed by atoms with van der Waals surface area (Å²) in [6.07, 6.45) is 1.68. The van der Waals surface area contributed by atoms with E-state index in [4.69, 9.17) is 0 Å². The number of anilines is 1. The summed E-state index contributed by atoms with van der Waals surface area (Å²) in [6.45, 7) is 13.1. The highest BCUT2D eigenvalue weighted by Crippen LogP contribution is 2.22. The topological polar surface area (TPSA) is 28.2 Å². The molecule has 0 fully saturated rings. The molecule has 0 aliphatic rings. The molecule has 0 bridgehead atoms. The van der Waals surface area contributed by atoms with Crippen molar-refractivity contribution in [3.05, 3.63) is 23.6 Å². The average Bonchev–Trinajstić information content (AvgIpc) is 2.34. The highest BCUT2D eigenvalue weighted by Gasteiger charge is 2.20. The number of nitrogens with one attached hydrogen (secondary N) is 1. The molecule has 20 heavy (non-hydrogen) atoms. The van der Waals surface area contributed by atoms with E-state index in [1.807, 2.05) is 11.9 Å². The van der Waals surface area contributed by atoms with Crippen LogP contribution in [-0.2, 0) is 6.54 Å². The van der Waals surface area contributed by atoms with E-state index in [1.54, 1.807) is 12.3 Å². The van der Waals surface area contributed by atoms with Crippen LogP contribution in [-0.4, -0.2) is 23.6 Å². The van der Waals surface area contributed by atoms with Gasteiger partial charge in [-0.05, 0) is 39.7 Å². The SMILES string of the molecule is CC(C)C(C)N(C)c1nccc(CNC(C)(C)C)c1F. The summed E-state index contributed by atoms with van der Waals surface area (Å²) in [5.41, 5.74) is 0.625. The Morgan fingerprint density at radius 1 is 1.30 bits per heavy atom. The van der Waals surface area contributed by atoms with Crippen LogP contribution in [0.2, 0.25) is 0 Å². The largest absolute Gasteiger partial charge is 0.354 e. The van der Waals surface area contributed by atoms with Gasteiger partial charge in [0, 0.05) is 36.9 Å². The van der Waals surface area contributed by atoms with Crippen LogP contribution in [0, 0.1) is 11.7 Å². The number of rotatable bonds is 5. The predicted octanol–water partition coefficient (Wildman–Crippen LogP) is 3.59. The van der Waals surface area contributed by atoms with Gasteiger partial charge in [-0.25, -0.2) is 9.37 Å². The van der Waals surface area contributed by atoms with Crippen LogP contribution in [0.15, 0.2) is 12.3 Å².